The summed E-state index contributed by atoms with van der Waals surface area (Å²) >= 11 is 5.28. The molecule has 6 aromatic carbocycles. The first-order valence-corrected chi connectivity index (χ1v) is 37.1. The number of aromatic nitrogens is 4. The highest BCUT2D eigenvalue weighted by molar-refractivity contribution is 7.89. The molecule has 0 unspecified atom stereocenters. The van der Waals surface area contributed by atoms with Gasteiger partial charge in [-0.2, -0.15) is 4.31 Å². The Hall–Kier alpha value is -9.50. The first kappa shape index (κ1) is 79.8. The van der Waals surface area contributed by atoms with Crippen LogP contribution in [0, 0.1) is 20.2 Å². The molecule has 4 aromatic heterocycles. The monoisotopic (exact) mass is 1510 g/mol. The van der Waals surface area contributed by atoms with Crippen molar-refractivity contribution < 1.29 is 64.8 Å². The Morgan fingerprint density at radius 2 is 0.775 bits per heavy atom. The normalized spacial score (nSPS) is 11.9. The van der Waals surface area contributed by atoms with E-state index in [2.05, 4.69) is 57.3 Å². The van der Waals surface area contributed by atoms with Crippen molar-refractivity contribution in [1.29, 1.82) is 0 Å². The van der Waals surface area contributed by atoms with Crippen molar-refractivity contribution in [3.63, 3.8) is 0 Å². The molecule has 0 aliphatic carbocycles. The Kier molecular flexibility index (Phi) is 26.2. The van der Waals surface area contributed by atoms with E-state index in [-0.39, 0.29) is 18.0 Å². The standard InChI is InChI=1S/C20H22N4O6S2.C19H20N4O6S2.C14H19N3O2S.C13H17N3O2S/c1-20(2,3)30-19(25)22-18-21-14-10-9-13(11-16(14)31-18)12-23(4)32(28,29)17-8-6-5-7-15(17)24(26)27;1-19(2,3)29-18(24)22-17-21-13-9-8-12(10-15(13)30-17)11-20-31(27,28)16-7-5-4-6-14(16)23(25)26;1-14(2,3)19-13(18)17-12-16-10-6-5-9(8-15-4)7-11(10)20-12;1-13(2,3)18-12(17)16-11-15-9-5-4-8(7-14)6-10(9)19-11/h5-11H,12H2,1-4H3,(H,21,22,25);4-10,20H,11H2,1-3H3,(H,21,22,24);5-7,15H,8H2,1-4H3,(H,16,17,18);4-6H,7,14H2,1-3H3,(H,15,16,17). The molecule has 36 heteroatoms. The molecule has 4 amide bonds. The minimum atomic E-state index is -4.09. The van der Waals surface area contributed by atoms with Gasteiger partial charge in [0.15, 0.2) is 30.3 Å². The molecule has 10 aromatic rings. The number of benzene rings is 6. The molecule has 0 saturated carbocycles. The zero-order valence-electron chi connectivity index (χ0n) is 58.1. The summed E-state index contributed by atoms with van der Waals surface area (Å²) in [6.45, 7) is 22.7. The lowest BCUT2D eigenvalue weighted by atomic mass is 10.2. The van der Waals surface area contributed by atoms with E-state index in [1.807, 2.05) is 78.9 Å². The number of thiazole rings is 4. The zero-order chi connectivity index (χ0) is 75.3. The number of nitrogens with two attached hydrogens (primary N) is 1. The van der Waals surface area contributed by atoms with Gasteiger partial charge in [0.05, 0.1) is 50.7 Å². The van der Waals surface area contributed by atoms with Crippen LogP contribution in [-0.4, -0.2) is 112 Å². The zero-order valence-corrected chi connectivity index (χ0v) is 63.0. The van der Waals surface area contributed by atoms with Crippen LogP contribution >= 0.6 is 45.3 Å². The number of ether oxygens (including phenoxy) is 4. The number of hydrogen-bond acceptors (Lipinski definition) is 26. The molecule has 0 atom stereocenters. The molecule has 8 N–H and O–H groups in total. The molecule has 0 radical (unpaired) electrons. The second-order valence-corrected chi connectivity index (χ2v) is 33.9. The second-order valence-electron chi connectivity index (χ2n) is 26.1. The number of nitrogens with zero attached hydrogens (tertiary/aromatic N) is 7. The Bertz CT molecular complexity index is 4940. The molecule has 102 heavy (non-hydrogen) atoms. The van der Waals surface area contributed by atoms with Gasteiger partial charge in [-0.3, -0.25) is 41.5 Å². The molecular weight excluding hydrogens is 1440 g/mol. The highest BCUT2D eigenvalue weighted by Crippen LogP contribution is 2.33. The van der Waals surface area contributed by atoms with Crippen LogP contribution in [0.2, 0.25) is 0 Å². The summed E-state index contributed by atoms with van der Waals surface area (Å²) in [5, 5.41) is 37.7. The number of anilines is 4. The number of carbonyl (C=O) groups is 4. The molecule has 4 heterocycles. The van der Waals surface area contributed by atoms with E-state index in [1.54, 1.807) is 77.9 Å². The van der Waals surface area contributed by atoms with Crippen molar-refractivity contribution in [3.8, 4) is 0 Å². The summed E-state index contributed by atoms with van der Waals surface area (Å²) < 4.78 is 78.7. The number of sulfonamides is 2. The van der Waals surface area contributed by atoms with E-state index < -0.39 is 92.9 Å². The van der Waals surface area contributed by atoms with Gasteiger partial charge in [-0.1, -0.05) is 93.9 Å². The predicted octanol–water partition coefficient (Wildman–Crippen LogP) is 14.9. The fourth-order valence-electron chi connectivity index (χ4n) is 8.73. The molecule has 10 rings (SSSR count). The topological polar surface area (TPSA) is 413 Å². The average Bonchev–Trinajstić information content (AvgIpc) is 1.000. The van der Waals surface area contributed by atoms with Gasteiger partial charge in [0, 0.05) is 45.4 Å². The quantitative estimate of drug-likeness (QED) is 0.0253. The second kappa shape index (κ2) is 33.5. The van der Waals surface area contributed by atoms with E-state index in [4.69, 9.17) is 24.7 Å². The summed E-state index contributed by atoms with van der Waals surface area (Å²) in [4.78, 5) is 84.6. The van der Waals surface area contributed by atoms with Crippen LogP contribution in [0.1, 0.15) is 105 Å². The van der Waals surface area contributed by atoms with E-state index in [9.17, 15) is 56.2 Å². The van der Waals surface area contributed by atoms with Gasteiger partial charge in [0.1, 0.15) is 22.4 Å². The van der Waals surface area contributed by atoms with Crippen LogP contribution < -0.4 is 37.0 Å². The number of nitro benzene ring substituents is 2. The number of nitro groups is 2. The number of nitrogens with one attached hydrogen (secondary N) is 6. The number of amides is 4. The van der Waals surface area contributed by atoms with Gasteiger partial charge in [0.25, 0.3) is 11.4 Å². The maximum absolute atomic E-state index is 12.9. The molecular formula is C66H78N14O16S6. The fourth-order valence-corrected chi connectivity index (χ4v) is 14.9. The fraction of sp³-hybridized carbons (Fsp3) is 0.333. The van der Waals surface area contributed by atoms with Gasteiger partial charge in [-0.15, -0.1) is 0 Å². The van der Waals surface area contributed by atoms with Crippen molar-refractivity contribution in [2.24, 2.45) is 5.73 Å². The van der Waals surface area contributed by atoms with Gasteiger partial charge in [-0.25, -0.2) is 60.7 Å². The lowest BCUT2D eigenvalue weighted by molar-refractivity contribution is -0.388. The first-order valence-electron chi connectivity index (χ1n) is 30.9. The summed E-state index contributed by atoms with van der Waals surface area (Å²) in [7, 11) is -4.91. The Balaban J connectivity index is 0.000000195. The third-order valence-electron chi connectivity index (χ3n) is 12.8. The molecule has 544 valence electrons. The van der Waals surface area contributed by atoms with Gasteiger partial charge in [-0.05, 0) is 173 Å². The maximum Gasteiger partial charge on any atom is 0.413 e. The van der Waals surface area contributed by atoms with Gasteiger partial charge < -0.3 is 30.0 Å². The van der Waals surface area contributed by atoms with Crippen LogP contribution in [-0.2, 0) is 65.2 Å². The number of hydrogen-bond donors (Lipinski definition) is 7. The van der Waals surface area contributed by atoms with E-state index in [0.717, 1.165) is 58.4 Å². The molecule has 0 aliphatic heterocycles. The lowest BCUT2D eigenvalue weighted by Gasteiger charge is -2.18. The van der Waals surface area contributed by atoms with Crippen molar-refractivity contribution in [3.05, 3.63) is 164 Å². The van der Waals surface area contributed by atoms with Crippen molar-refractivity contribution in [2.75, 3.05) is 35.4 Å². The van der Waals surface area contributed by atoms with Gasteiger partial charge >= 0.3 is 24.4 Å². The number of fused-ring (bicyclic) bond motifs is 4. The molecule has 30 nitrogen and oxygen atoms in total. The molecule has 0 bridgehead atoms. The van der Waals surface area contributed by atoms with Crippen molar-refractivity contribution >= 4 is 163 Å². The Morgan fingerprint density at radius 3 is 1.12 bits per heavy atom. The largest absolute Gasteiger partial charge is 0.444 e. The van der Waals surface area contributed by atoms with E-state index >= 15 is 0 Å². The maximum atomic E-state index is 12.9. The minimum absolute atomic E-state index is 0.00293. The molecule has 0 saturated heterocycles. The summed E-state index contributed by atoms with van der Waals surface area (Å²) in [5.74, 6) is 0. The molecule has 0 spiro atoms. The van der Waals surface area contributed by atoms with Gasteiger partial charge in [0.2, 0.25) is 20.0 Å². The smallest absolute Gasteiger partial charge is 0.413 e. The lowest BCUT2D eigenvalue weighted by Crippen LogP contribution is -2.27. The Labute approximate surface area is 604 Å². The first-order chi connectivity index (χ1) is 47.5. The van der Waals surface area contributed by atoms with Crippen LogP contribution in [0.4, 0.5) is 51.1 Å². The molecule has 0 fully saturated rings. The van der Waals surface area contributed by atoms with Crippen molar-refractivity contribution in [2.45, 2.75) is 141 Å². The van der Waals surface area contributed by atoms with Crippen LogP contribution in [0.15, 0.2) is 131 Å². The number of rotatable bonds is 17. The van der Waals surface area contributed by atoms with E-state index in [0.29, 0.717) is 49.2 Å². The average molecular weight is 1520 g/mol. The highest BCUT2D eigenvalue weighted by Gasteiger charge is 2.30. The third-order valence-corrected chi connectivity index (χ3v) is 19.9. The number of para-hydroxylation sites is 2. The predicted molar refractivity (Wildman–Crippen MR) is 397 cm³/mol. The van der Waals surface area contributed by atoms with Crippen LogP contribution in [0.25, 0.3) is 40.9 Å². The van der Waals surface area contributed by atoms with Crippen LogP contribution in [0.3, 0.4) is 0 Å². The SMILES string of the molecule is CC(C)(C)OC(=O)Nc1nc2ccc(CN)cc2s1.CC(C)(C)OC(=O)Nc1nc2ccc(CNS(=O)(=O)c3ccccc3[N+](=O)[O-])cc2s1.CN(Cc1ccc2nc(NC(=O)OC(C)(C)C)sc2c1)S(=O)(=O)c1ccccc1[N+](=O)[O-].CNCc1ccc2nc(NC(=O)OC(C)(C)C)sc2c1. The highest BCUT2D eigenvalue weighted by atomic mass is 32.2. The van der Waals surface area contributed by atoms with Crippen molar-refractivity contribution in [1.82, 2.24) is 34.3 Å². The molecule has 0 aliphatic rings. The summed E-state index contributed by atoms with van der Waals surface area (Å²) in [6.07, 6.45) is -2.21. The summed E-state index contributed by atoms with van der Waals surface area (Å²) in [6, 6.07) is 32.5. The Morgan fingerprint density at radius 1 is 0.471 bits per heavy atom. The van der Waals surface area contributed by atoms with Crippen LogP contribution in [0.5, 0.6) is 0 Å². The minimum Gasteiger partial charge on any atom is -0.444 e. The number of carbonyl (C=O) groups excluding carboxylic acids is 4. The summed E-state index contributed by atoms with van der Waals surface area (Å²) in [5.41, 5.74) is 8.80. The van der Waals surface area contributed by atoms with E-state index in [1.165, 1.54) is 94.4 Å². The third kappa shape index (κ3) is 24.1.